The van der Waals surface area contributed by atoms with Crippen molar-refractivity contribution in [1.29, 1.82) is 5.26 Å². The van der Waals surface area contributed by atoms with E-state index < -0.39 is 0 Å². The SMILES string of the molecule is N#CC1CCCC[C@@H]1Nc1cc[nH]c(=O)c1C(N)=Nc1ccc(-c2nccs2)cc1. The molecule has 2 heterocycles. The summed E-state index contributed by atoms with van der Waals surface area (Å²) in [6.07, 6.45) is 7.21. The zero-order chi connectivity index (χ0) is 20.9. The van der Waals surface area contributed by atoms with Crippen LogP contribution in [0.5, 0.6) is 0 Å². The van der Waals surface area contributed by atoms with Crippen molar-refractivity contribution in [3.63, 3.8) is 0 Å². The van der Waals surface area contributed by atoms with Crippen LogP contribution in [0.3, 0.4) is 0 Å². The molecule has 1 aliphatic carbocycles. The van der Waals surface area contributed by atoms with Crippen molar-refractivity contribution >= 4 is 28.5 Å². The van der Waals surface area contributed by atoms with E-state index in [4.69, 9.17) is 5.73 Å². The van der Waals surface area contributed by atoms with Crippen LogP contribution in [0.15, 0.2) is 57.9 Å². The van der Waals surface area contributed by atoms with Gasteiger partial charge in [0.1, 0.15) is 16.4 Å². The summed E-state index contributed by atoms with van der Waals surface area (Å²) in [5.41, 5.74) is 8.48. The summed E-state index contributed by atoms with van der Waals surface area (Å²) in [6.45, 7) is 0. The highest BCUT2D eigenvalue weighted by molar-refractivity contribution is 7.13. The Balaban J connectivity index is 1.61. The number of hydrogen-bond acceptors (Lipinski definition) is 6. The number of hydrogen-bond donors (Lipinski definition) is 3. The number of aromatic nitrogens is 2. The number of pyridine rings is 1. The van der Waals surface area contributed by atoms with Crippen molar-refractivity contribution in [2.75, 3.05) is 5.32 Å². The second-order valence-electron chi connectivity index (χ2n) is 7.25. The fraction of sp³-hybridized carbons (Fsp3) is 0.273. The number of benzene rings is 1. The molecule has 30 heavy (non-hydrogen) atoms. The van der Waals surface area contributed by atoms with Gasteiger partial charge in [-0.2, -0.15) is 5.26 Å². The molecule has 152 valence electrons. The van der Waals surface area contributed by atoms with E-state index in [1.54, 1.807) is 29.8 Å². The number of rotatable bonds is 5. The van der Waals surface area contributed by atoms with Crippen molar-refractivity contribution in [2.24, 2.45) is 16.6 Å². The van der Waals surface area contributed by atoms with Crippen molar-refractivity contribution in [1.82, 2.24) is 9.97 Å². The average Bonchev–Trinajstić information content (AvgIpc) is 3.29. The van der Waals surface area contributed by atoms with E-state index in [0.717, 1.165) is 36.3 Å². The lowest BCUT2D eigenvalue weighted by Crippen LogP contribution is -2.34. The molecule has 1 unspecified atom stereocenters. The van der Waals surface area contributed by atoms with Gasteiger partial charge in [-0.3, -0.25) is 4.79 Å². The van der Waals surface area contributed by atoms with E-state index in [1.165, 1.54) is 0 Å². The first-order valence-electron chi connectivity index (χ1n) is 9.88. The number of nitrogens with one attached hydrogen (secondary N) is 2. The van der Waals surface area contributed by atoms with E-state index in [9.17, 15) is 10.1 Å². The number of thiazole rings is 1. The highest BCUT2D eigenvalue weighted by Gasteiger charge is 2.26. The monoisotopic (exact) mass is 418 g/mol. The number of nitrogens with zero attached hydrogens (tertiary/aromatic N) is 3. The number of nitriles is 1. The van der Waals surface area contributed by atoms with Gasteiger partial charge in [0.15, 0.2) is 0 Å². The molecule has 2 aromatic heterocycles. The minimum absolute atomic E-state index is 0.00493. The Labute approximate surface area is 178 Å². The molecule has 1 aromatic carbocycles. The van der Waals surface area contributed by atoms with Crippen LogP contribution in [-0.4, -0.2) is 21.8 Å². The van der Waals surface area contributed by atoms with Gasteiger partial charge in [0.2, 0.25) is 0 Å². The first-order chi connectivity index (χ1) is 14.7. The van der Waals surface area contributed by atoms with Gasteiger partial charge in [0.05, 0.1) is 23.4 Å². The third kappa shape index (κ3) is 4.26. The van der Waals surface area contributed by atoms with Gasteiger partial charge in [0, 0.05) is 29.4 Å². The Morgan fingerprint density at radius 3 is 2.80 bits per heavy atom. The molecule has 1 saturated carbocycles. The first-order valence-corrected chi connectivity index (χ1v) is 10.8. The topological polar surface area (TPSA) is 120 Å². The van der Waals surface area contributed by atoms with Crippen molar-refractivity contribution < 1.29 is 0 Å². The molecule has 7 nitrogen and oxygen atoms in total. The summed E-state index contributed by atoms with van der Waals surface area (Å²) < 4.78 is 0. The number of anilines is 1. The summed E-state index contributed by atoms with van der Waals surface area (Å²) in [4.78, 5) is 24.0. The van der Waals surface area contributed by atoms with Crippen LogP contribution in [0.2, 0.25) is 0 Å². The summed E-state index contributed by atoms with van der Waals surface area (Å²) in [5.74, 6) is 0.0492. The van der Waals surface area contributed by atoms with E-state index in [1.807, 2.05) is 29.6 Å². The van der Waals surface area contributed by atoms with Crippen molar-refractivity contribution in [3.8, 4) is 16.6 Å². The van der Waals surface area contributed by atoms with E-state index >= 15 is 0 Å². The fourth-order valence-corrected chi connectivity index (χ4v) is 4.40. The average molecular weight is 419 g/mol. The highest BCUT2D eigenvalue weighted by atomic mass is 32.1. The maximum atomic E-state index is 12.5. The fourth-order valence-electron chi connectivity index (χ4n) is 3.75. The number of H-pyrrole nitrogens is 1. The van der Waals surface area contributed by atoms with Crippen LogP contribution in [0.4, 0.5) is 11.4 Å². The normalized spacial score (nSPS) is 19.2. The third-order valence-electron chi connectivity index (χ3n) is 5.29. The molecule has 2 atom stereocenters. The molecule has 1 aliphatic rings. The van der Waals surface area contributed by atoms with E-state index in [-0.39, 0.29) is 23.4 Å². The lowest BCUT2D eigenvalue weighted by atomic mass is 9.85. The van der Waals surface area contributed by atoms with Gasteiger partial charge in [-0.1, -0.05) is 12.8 Å². The molecule has 0 bridgehead atoms. The molecule has 4 rings (SSSR count). The predicted octanol–water partition coefficient (Wildman–Crippen LogP) is 4.03. The quantitative estimate of drug-likeness (QED) is 0.427. The van der Waals surface area contributed by atoms with Crippen LogP contribution < -0.4 is 16.6 Å². The van der Waals surface area contributed by atoms with Gasteiger partial charge in [-0.05, 0) is 43.2 Å². The molecule has 3 aromatic rings. The first kappa shape index (κ1) is 19.9. The van der Waals surface area contributed by atoms with Gasteiger partial charge in [-0.25, -0.2) is 9.98 Å². The van der Waals surface area contributed by atoms with E-state index in [0.29, 0.717) is 16.9 Å². The largest absolute Gasteiger partial charge is 0.383 e. The van der Waals surface area contributed by atoms with Gasteiger partial charge < -0.3 is 16.0 Å². The lowest BCUT2D eigenvalue weighted by Gasteiger charge is -2.29. The number of aliphatic imine (C=N–C) groups is 1. The minimum Gasteiger partial charge on any atom is -0.383 e. The predicted molar refractivity (Wildman–Crippen MR) is 120 cm³/mol. The van der Waals surface area contributed by atoms with Crippen LogP contribution in [0.1, 0.15) is 31.2 Å². The Morgan fingerprint density at radius 2 is 2.07 bits per heavy atom. The Morgan fingerprint density at radius 1 is 1.27 bits per heavy atom. The van der Waals surface area contributed by atoms with Crippen LogP contribution >= 0.6 is 11.3 Å². The number of amidine groups is 1. The molecular weight excluding hydrogens is 396 g/mol. The lowest BCUT2D eigenvalue weighted by molar-refractivity contribution is 0.388. The second kappa shape index (κ2) is 8.93. The maximum Gasteiger partial charge on any atom is 0.261 e. The van der Waals surface area contributed by atoms with Gasteiger partial charge in [0.25, 0.3) is 5.56 Å². The minimum atomic E-state index is -0.315. The van der Waals surface area contributed by atoms with Crippen LogP contribution in [0, 0.1) is 17.2 Å². The maximum absolute atomic E-state index is 12.5. The molecule has 1 fully saturated rings. The second-order valence-corrected chi connectivity index (χ2v) is 8.14. The number of aromatic amines is 1. The van der Waals surface area contributed by atoms with Crippen molar-refractivity contribution in [2.45, 2.75) is 31.7 Å². The molecule has 0 amide bonds. The highest BCUT2D eigenvalue weighted by Crippen LogP contribution is 2.28. The summed E-state index contributed by atoms with van der Waals surface area (Å²) >= 11 is 1.57. The van der Waals surface area contributed by atoms with Gasteiger partial charge >= 0.3 is 0 Å². The molecular formula is C22H22N6OS. The Hall–Kier alpha value is -3.44. The zero-order valence-electron chi connectivity index (χ0n) is 16.3. The Kier molecular flexibility index (Phi) is 5.91. The van der Waals surface area contributed by atoms with Gasteiger partial charge in [-0.15, -0.1) is 11.3 Å². The summed E-state index contributed by atoms with van der Waals surface area (Å²) in [7, 11) is 0. The molecule has 0 spiro atoms. The molecule has 8 heteroatoms. The molecule has 0 saturated heterocycles. The van der Waals surface area contributed by atoms with Crippen molar-refractivity contribution in [3.05, 3.63) is 64.0 Å². The molecule has 0 aliphatic heterocycles. The standard InChI is InChI=1S/C22H22N6OS/c23-13-15-3-1-2-4-17(15)28-18-9-10-25-21(29)19(18)20(24)27-16-7-5-14(6-8-16)22-26-11-12-30-22/h5-12,15,17H,1-4H2,(H2,24,27)(H2,25,28,29)/t15?,17-/m0/s1. The third-order valence-corrected chi connectivity index (χ3v) is 6.11. The van der Waals surface area contributed by atoms with Crippen LogP contribution in [-0.2, 0) is 0 Å². The smallest absolute Gasteiger partial charge is 0.261 e. The number of nitrogens with two attached hydrogens (primary N) is 1. The Bertz CT molecular complexity index is 1130. The van der Waals surface area contributed by atoms with E-state index in [2.05, 4.69) is 26.3 Å². The molecule has 0 radical (unpaired) electrons. The molecule has 4 N–H and O–H groups in total. The zero-order valence-corrected chi connectivity index (χ0v) is 17.2. The summed E-state index contributed by atoms with van der Waals surface area (Å²) in [5, 5.41) is 15.7. The summed E-state index contributed by atoms with van der Waals surface area (Å²) in [6, 6.07) is 11.7. The van der Waals surface area contributed by atoms with Crippen LogP contribution in [0.25, 0.3) is 10.6 Å².